The molecular weight excluding hydrogens is 194 g/mol. The molecule has 0 unspecified atom stereocenters. The molecule has 0 amide bonds. The molecule has 74 valence electrons. The van der Waals surface area contributed by atoms with E-state index >= 15 is 0 Å². The van der Waals surface area contributed by atoms with Crippen LogP contribution in [0.1, 0.15) is 12.5 Å². The van der Waals surface area contributed by atoms with Crippen LogP contribution in [0.3, 0.4) is 0 Å². The second-order valence-corrected chi connectivity index (χ2v) is 3.50. The summed E-state index contributed by atoms with van der Waals surface area (Å²) in [5.41, 5.74) is 2.05. The summed E-state index contributed by atoms with van der Waals surface area (Å²) in [7, 11) is 0. The van der Waals surface area contributed by atoms with Crippen LogP contribution in [0.2, 0.25) is 0 Å². The van der Waals surface area contributed by atoms with Crippen LogP contribution in [-0.2, 0) is 0 Å². The zero-order valence-corrected chi connectivity index (χ0v) is 8.84. The van der Waals surface area contributed by atoms with Gasteiger partial charge in [0, 0.05) is 5.69 Å². The smallest absolute Gasteiger partial charge is 0.0765 e. The lowest BCUT2D eigenvalue weighted by atomic mass is 10.2. The summed E-state index contributed by atoms with van der Waals surface area (Å²) in [6.45, 7) is 1.91. The van der Waals surface area contributed by atoms with Crippen LogP contribution in [0.25, 0.3) is 6.08 Å². The molecule has 0 heterocycles. The Balaban J connectivity index is 2.68. The quantitative estimate of drug-likeness (QED) is 0.747. The molecule has 2 N–H and O–H groups in total. The lowest BCUT2D eigenvalue weighted by Gasteiger charge is -2.03. The summed E-state index contributed by atoms with van der Waals surface area (Å²) in [6.07, 6.45) is 3.57. The van der Waals surface area contributed by atoms with E-state index in [4.69, 9.17) is 17.3 Å². The average molecular weight is 207 g/mol. The molecule has 1 aromatic rings. The highest BCUT2D eigenvalue weighted by atomic mass is 32.1. The topological polar surface area (TPSA) is 32.3 Å². The van der Waals surface area contributed by atoms with Crippen molar-refractivity contribution in [2.24, 2.45) is 0 Å². The van der Waals surface area contributed by atoms with Gasteiger partial charge in [-0.25, -0.2) is 0 Å². The minimum absolute atomic E-state index is 0.0685. The molecule has 3 heteroatoms. The van der Waals surface area contributed by atoms with Gasteiger partial charge in [0.2, 0.25) is 0 Å². The van der Waals surface area contributed by atoms with Gasteiger partial charge < -0.3 is 10.4 Å². The number of anilines is 1. The van der Waals surface area contributed by atoms with E-state index in [1.165, 1.54) is 0 Å². The number of hydrogen-bond donors (Lipinski definition) is 2. The Bertz CT molecular complexity index is 330. The summed E-state index contributed by atoms with van der Waals surface area (Å²) in [4.78, 5) is 0.753. The van der Waals surface area contributed by atoms with Gasteiger partial charge >= 0.3 is 0 Å². The van der Waals surface area contributed by atoms with Gasteiger partial charge in [0.05, 0.1) is 11.6 Å². The Morgan fingerprint density at radius 1 is 1.43 bits per heavy atom. The Hall–Kier alpha value is -1.19. The first kappa shape index (κ1) is 10.9. The standard InChI is InChI=1S/C11H13NOS/c1-9(14)12-11-6-4-10(5-7-11)3-2-8-13/h2-7,13H,8H2,1H3,(H,12,14)/b3-2+. The summed E-state index contributed by atoms with van der Waals surface area (Å²) in [6, 6.07) is 7.83. The van der Waals surface area contributed by atoms with E-state index in [9.17, 15) is 0 Å². The van der Waals surface area contributed by atoms with Gasteiger partial charge in [0.15, 0.2) is 0 Å². The number of benzene rings is 1. The van der Waals surface area contributed by atoms with E-state index in [0.29, 0.717) is 0 Å². The third-order valence-electron chi connectivity index (χ3n) is 1.65. The maximum atomic E-state index is 8.58. The maximum Gasteiger partial charge on any atom is 0.0765 e. The number of rotatable bonds is 3. The molecule has 14 heavy (non-hydrogen) atoms. The molecule has 0 saturated heterocycles. The van der Waals surface area contributed by atoms with E-state index in [1.807, 2.05) is 37.3 Å². The zero-order chi connectivity index (χ0) is 10.4. The van der Waals surface area contributed by atoms with Gasteiger partial charge in [0.25, 0.3) is 0 Å². The summed E-state index contributed by atoms with van der Waals surface area (Å²) in [5, 5.41) is 11.6. The Morgan fingerprint density at radius 2 is 2.07 bits per heavy atom. The second kappa shape index (κ2) is 5.52. The van der Waals surface area contributed by atoms with E-state index < -0.39 is 0 Å². The van der Waals surface area contributed by atoms with Gasteiger partial charge in [-0.3, -0.25) is 0 Å². The molecule has 0 radical (unpaired) electrons. The Morgan fingerprint density at radius 3 is 2.57 bits per heavy atom. The molecule has 2 nitrogen and oxygen atoms in total. The van der Waals surface area contributed by atoms with Crippen molar-refractivity contribution in [2.45, 2.75) is 6.92 Å². The summed E-state index contributed by atoms with van der Waals surface area (Å²) < 4.78 is 0. The monoisotopic (exact) mass is 207 g/mol. The number of thiocarbonyl (C=S) groups is 1. The van der Waals surface area contributed by atoms with E-state index in [0.717, 1.165) is 16.2 Å². The number of nitrogens with one attached hydrogen (secondary N) is 1. The van der Waals surface area contributed by atoms with Crippen LogP contribution in [0, 0.1) is 0 Å². The molecule has 0 spiro atoms. The number of hydrogen-bond acceptors (Lipinski definition) is 2. The summed E-state index contributed by atoms with van der Waals surface area (Å²) >= 11 is 4.92. The lowest BCUT2D eigenvalue weighted by molar-refractivity contribution is 0.343. The van der Waals surface area contributed by atoms with Crippen LogP contribution in [0.15, 0.2) is 30.3 Å². The highest BCUT2D eigenvalue weighted by Gasteiger charge is 1.91. The van der Waals surface area contributed by atoms with Crippen molar-refractivity contribution in [1.82, 2.24) is 0 Å². The molecule has 0 aliphatic carbocycles. The fraction of sp³-hybridized carbons (Fsp3) is 0.182. The van der Waals surface area contributed by atoms with Crippen molar-refractivity contribution in [3.8, 4) is 0 Å². The molecular formula is C11H13NOS. The van der Waals surface area contributed by atoms with Gasteiger partial charge in [-0.15, -0.1) is 0 Å². The highest BCUT2D eigenvalue weighted by Crippen LogP contribution is 2.10. The van der Waals surface area contributed by atoms with Crippen LogP contribution in [-0.4, -0.2) is 16.7 Å². The second-order valence-electron chi connectivity index (χ2n) is 2.89. The fourth-order valence-corrected chi connectivity index (χ4v) is 1.19. The Labute approximate surface area is 89.3 Å². The van der Waals surface area contributed by atoms with Gasteiger partial charge in [0.1, 0.15) is 0 Å². The fourth-order valence-electron chi connectivity index (χ4n) is 1.07. The van der Waals surface area contributed by atoms with Crippen LogP contribution < -0.4 is 5.32 Å². The normalized spacial score (nSPS) is 10.4. The average Bonchev–Trinajstić information content (AvgIpc) is 2.16. The molecule has 0 saturated carbocycles. The van der Waals surface area contributed by atoms with Crippen molar-refractivity contribution in [1.29, 1.82) is 0 Å². The third kappa shape index (κ3) is 3.68. The molecule has 0 aliphatic heterocycles. The molecule has 0 atom stereocenters. The highest BCUT2D eigenvalue weighted by molar-refractivity contribution is 7.80. The minimum atomic E-state index is 0.0685. The van der Waals surface area contributed by atoms with Crippen molar-refractivity contribution < 1.29 is 5.11 Å². The largest absolute Gasteiger partial charge is 0.392 e. The number of aliphatic hydroxyl groups excluding tert-OH is 1. The van der Waals surface area contributed by atoms with E-state index in [2.05, 4.69) is 5.32 Å². The minimum Gasteiger partial charge on any atom is -0.392 e. The molecule has 0 aromatic heterocycles. The Kier molecular flexibility index (Phi) is 4.29. The zero-order valence-electron chi connectivity index (χ0n) is 8.03. The van der Waals surface area contributed by atoms with Crippen molar-refractivity contribution in [2.75, 3.05) is 11.9 Å². The van der Waals surface area contributed by atoms with Gasteiger partial charge in [-0.2, -0.15) is 0 Å². The molecule has 0 fully saturated rings. The van der Waals surface area contributed by atoms with Crippen LogP contribution >= 0.6 is 12.2 Å². The summed E-state index contributed by atoms with van der Waals surface area (Å²) in [5.74, 6) is 0. The van der Waals surface area contributed by atoms with E-state index in [-0.39, 0.29) is 6.61 Å². The molecule has 0 aliphatic rings. The van der Waals surface area contributed by atoms with Crippen molar-refractivity contribution in [3.63, 3.8) is 0 Å². The first-order valence-electron chi connectivity index (χ1n) is 4.37. The number of aliphatic hydroxyl groups is 1. The molecule has 1 aromatic carbocycles. The first-order valence-corrected chi connectivity index (χ1v) is 4.78. The van der Waals surface area contributed by atoms with Gasteiger partial charge in [-0.1, -0.05) is 36.5 Å². The van der Waals surface area contributed by atoms with Crippen LogP contribution in [0.4, 0.5) is 5.69 Å². The third-order valence-corrected chi connectivity index (χ3v) is 1.75. The predicted octanol–water partition coefficient (Wildman–Crippen LogP) is 2.45. The molecule has 0 bridgehead atoms. The molecule has 1 rings (SSSR count). The first-order chi connectivity index (χ1) is 6.72. The van der Waals surface area contributed by atoms with Crippen molar-refractivity contribution >= 4 is 29.0 Å². The van der Waals surface area contributed by atoms with Crippen LogP contribution in [0.5, 0.6) is 0 Å². The predicted molar refractivity (Wildman–Crippen MR) is 64.5 cm³/mol. The maximum absolute atomic E-state index is 8.58. The van der Waals surface area contributed by atoms with Gasteiger partial charge in [-0.05, 0) is 24.6 Å². The van der Waals surface area contributed by atoms with Crippen molar-refractivity contribution in [3.05, 3.63) is 35.9 Å². The lowest BCUT2D eigenvalue weighted by Crippen LogP contribution is -2.02. The van der Waals surface area contributed by atoms with E-state index in [1.54, 1.807) is 6.08 Å². The SMILES string of the molecule is CC(=S)Nc1ccc(/C=C/CO)cc1.